The summed E-state index contributed by atoms with van der Waals surface area (Å²) >= 11 is 0. The van der Waals surface area contributed by atoms with Crippen LogP contribution in [0.15, 0.2) is 36.4 Å². The Morgan fingerprint density at radius 2 is 1.02 bits per heavy atom. The van der Waals surface area contributed by atoms with Crippen molar-refractivity contribution in [2.45, 2.75) is 145 Å². The van der Waals surface area contributed by atoms with E-state index >= 15 is 0 Å². The number of carboxylic acid groups (broad SMARTS) is 1. The molecule has 4 N–H and O–H groups in total. The Bertz CT molecular complexity index is 1690. The van der Waals surface area contributed by atoms with Gasteiger partial charge in [0.1, 0.15) is 28.9 Å². The van der Waals surface area contributed by atoms with Crippen molar-refractivity contribution in [2.75, 3.05) is 13.3 Å². The molecule has 57 heavy (non-hydrogen) atoms. The molecule has 2 aromatic carbocycles. The van der Waals surface area contributed by atoms with Crippen LogP contribution in [-0.4, -0.2) is 83.5 Å². The molecule has 15 nitrogen and oxygen atoms in total. The van der Waals surface area contributed by atoms with Gasteiger partial charge in [-0.15, -0.1) is 0 Å². The minimum Gasteiger partial charge on any atom is -0.480 e. The Balaban J connectivity index is 0.000000655. The van der Waals surface area contributed by atoms with E-state index in [-0.39, 0.29) is 25.8 Å². The number of carbonyl (C=O) groups excluding carboxylic acids is 5. The van der Waals surface area contributed by atoms with E-state index in [9.17, 15) is 33.9 Å². The van der Waals surface area contributed by atoms with E-state index in [4.69, 9.17) is 23.7 Å². The van der Waals surface area contributed by atoms with Crippen LogP contribution in [0.3, 0.4) is 0 Å². The third-order valence-electron chi connectivity index (χ3n) is 7.63. The van der Waals surface area contributed by atoms with Crippen molar-refractivity contribution in [1.82, 2.24) is 16.0 Å². The highest BCUT2D eigenvalue weighted by atomic mass is 16.7. The maximum Gasteiger partial charge on any atom is 0.408 e. The minimum atomic E-state index is -1.08. The van der Waals surface area contributed by atoms with Gasteiger partial charge in [0, 0.05) is 25.8 Å². The molecule has 0 aliphatic rings. The predicted molar refractivity (Wildman–Crippen MR) is 214 cm³/mol. The van der Waals surface area contributed by atoms with E-state index in [1.165, 1.54) is 0 Å². The lowest BCUT2D eigenvalue weighted by Crippen LogP contribution is -2.45. The van der Waals surface area contributed by atoms with E-state index in [0.29, 0.717) is 6.42 Å². The summed E-state index contributed by atoms with van der Waals surface area (Å²) in [7, 11) is 0. The highest BCUT2D eigenvalue weighted by Crippen LogP contribution is 2.15. The van der Waals surface area contributed by atoms with Gasteiger partial charge < -0.3 is 44.7 Å². The van der Waals surface area contributed by atoms with Crippen molar-refractivity contribution in [1.29, 1.82) is 0 Å². The zero-order valence-electron chi connectivity index (χ0n) is 35.8. The second-order valence-electron chi connectivity index (χ2n) is 16.6. The quantitative estimate of drug-likeness (QED) is 0.0666. The van der Waals surface area contributed by atoms with E-state index in [0.717, 1.165) is 33.4 Å². The number of aryl methyl sites for hydroxylation is 4. The molecule has 0 aromatic heterocycles. The molecule has 0 heterocycles. The average Bonchev–Trinajstić information content (AvgIpc) is 3.03. The highest BCUT2D eigenvalue weighted by molar-refractivity contribution is 5.82. The van der Waals surface area contributed by atoms with E-state index in [2.05, 4.69) is 16.0 Å². The summed E-state index contributed by atoms with van der Waals surface area (Å²) in [4.78, 5) is 71.4. The van der Waals surface area contributed by atoms with Crippen molar-refractivity contribution < 1.29 is 57.6 Å². The molecule has 2 rings (SSSR count). The van der Waals surface area contributed by atoms with E-state index in [1.807, 2.05) is 64.1 Å². The molecule has 318 valence electrons. The van der Waals surface area contributed by atoms with Gasteiger partial charge in [-0.2, -0.15) is 0 Å². The normalized spacial score (nSPS) is 12.4. The van der Waals surface area contributed by atoms with Crippen molar-refractivity contribution >= 4 is 36.2 Å². The zero-order chi connectivity index (χ0) is 43.7. The first-order chi connectivity index (χ1) is 26.1. The first-order valence-electron chi connectivity index (χ1n) is 18.8. The smallest absolute Gasteiger partial charge is 0.408 e. The summed E-state index contributed by atoms with van der Waals surface area (Å²) in [5, 5.41) is 16.7. The molecule has 15 heteroatoms. The van der Waals surface area contributed by atoms with Crippen molar-refractivity contribution in [3.05, 3.63) is 69.8 Å². The second kappa shape index (κ2) is 22.4. The van der Waals surface area contributed by atoms with Crippen LogP contribution in [0.4, 0.5) is 14.4 Å². The maximum absolute atomic E-state index is 12.7. The first-order valence-corrected chi connectivity index (χ1v) is 18.8. The number of amides is 3. The predicted octanol–water partition coefficient (Wildman–Crippen LogP) is 6.91. The number of carbonyl (C=O) groups is 6. The monoisotopic (exact) mass is 801 g/mol. The summed E-state index contributed by atoms with van der Waals surface area (Å²) < 4.78 is 25.5. The molecule has 0 aliphatic heterocycles. The summed E-state index contributed by atoms with van der Waals surface area (Å²) in [5.41, 5.74) is 4.06. The molecule has 0 unspecified atom stereocenters. The standard InChI is InChI=1S/C26H40N2O8.C16H23NO4/c1-17-11-12-19(14-18(17)2)15-20(28-24(32)36-26(6,7)8)22(30)34-16-33-21(29)10-9-13-27-23(31)35-25(3,4)5;1-10-6-7-12(8-11(10)2)9-13(14(18)19)17-15(20)21-16(3,4)5/h11-12,14,20H,9-10,13,15-16H2,1-8H3,(H,27,31)(H,28,32);6-8,13H,9H2,1-5H3,(H,17,20)(H,18,19)/t20-;13-/m00/s1. The first kappa shape index (κ1) is 49.7. The number of rotatable bonds is 14. The molecule has 0 bridgehead atoms. The fourth-order valence-corrected chi connectivity index (χ4v) is 4.69. The van der Waals surface area contributed by atoms with Crippen LogP contribution in [0, 0.1) is 27.7 Å². The topological polar surface area (TPSA) is 205 Å². The Morgan fingerprint density at radius 3 is 1.44 bits per heavy atom. The number of hydrogen-bond acceptors (Lipinski definition) is 11. The fourth-order valence-electron chi connectivity index (χ4n) is 4.69. The second-order valence-corrected chi connectivity index (χ2v) is 16.6. The highest BCUT2D eigenvalue weighted by Gasteiger charge is 2.27. The summed E-state index contributed by atoms with van der Waals surface area (Å²) in [6.45, 7) is 23.1. The third-order valence-corrected chi connectivity index (χ3v) is 7.63. The van der Waals surface area contributed by atoms with Gasteiger partial charge in [0.05, 0.1) is 0 Å². The average molecular weight is 802 g/mol. The van der Waals surface area contributed by atoms with Crippen molar-refractivity contribution in [3.8, 4) is 0 Å². The lowest BCUT2D eigenvalue weighted by atomic mass is 10.0. The van der Waals surface area contributed by atoms with Crippen LogP contribution < -0.4 is 16.0 Å². The van der Waals surface area contributed by atoms with E-state index in [1.54, 1.807) is 62.3 Å². The molecule has 0 spiro atoms. The van der Waals surface area contributed by atoms with Gasteiger partial charge >= 0.3 is 36.2 Å². The van der Waals surface area contributed by atoms with Crippen LogP contribution in [-0.2, 0) is 50.9 Å². The molecule has 2 atom stereocenters. The SMILES string of the molecule is Cc1ccc(C[C@H](NC(=O)OC(C)(C)C)C(=O)O)cc1C.Cc1ccc(C[C@H](NC(=O)OC(C)(C)C)C(=O)OCOC(=O)CCCNC(=O)OC(C)(C)C)cc1C. The number of carboxylic acids is 1. The van der Waals surface area contributed by atoms with Gasteiger partial charge in [0.2, 0.25) is 6.79 Å². The van der Waals surface area contributed by atoms with Crippen LogP contribution >= 0.6 is 0 Å². The summed E-state index contributed by atoms with van der Waals surface area (Å²) in [6, 6.07) is 9.41. The number of esters is 2. The van der Waals surface area contributed by atoms with Gasteiger partial charge in [0.15, 0.2) is 0 Å². The molecule has 0 aliphatic carbocycles. The summed E-state index contributed by atoms with van der Waals surface area (Å²) in [6.07, 6.45) is -1.34. The van der Waals surface area contributed by atoms with Crippen LogP contribution in [0.1, 0.15) is 109 Å². The molecule has 0 radical (unpaired) electrons. The lowest BCUT2D eigenvalue weighted by molar-refractivity contribution is -0.168. The fraction of sp³-hybridized carbons (Fsp3) is 0.571. The maximum atomic E-state index is 12.7. The van der Waals surface area contributed by atoms with Crippen LogP contribution in [0.5, 0.6) is 0 Å². The number of benzene rings is 2. The van der Waals surface area contributed by atoms with Crippen molar-refractivity contribution in [2.24, 2.45) is 0 Å². The number of nitrogens with one attached hydrogen (secondary N) is 3. The molecule has 0 saturated heterocycles. The zero-order valence-corrected chi connectivity index (χ0v) is 35.8. The van der Waals surface area contributed by atoms with Crippen LogP contribution in [0.25, 0.3) is 0 Å². The Kier molecular flexibility index (Phi) is 19.5. The van der Waals surface area contributed by atoms with E-state index < -0.39 is 71.9 Å². The summed E-state index contributed by atoms with van der Waals surface area (Å²) in [5.74, 6) is -2.45. The number of alkyl carbamates (subject to hydrolysis) is 3. The van der Waals surface area contributed by atoms with Gasteiger partial charge in [-0.1, -0.05) is 36.4 Å². The van der Waals surface area contributed by atoms with Crippen molar-refractivity contribution in [3.63, 3.8) is 0 Å². The number of ether oxygens (including phenoxy) is 5. The minimum absolute atomic E-state index is 0.00950. The Labute approximate surface area is 336 Å². The molecule has 0 saturated carbocycles. The molecule has 0 fully saturated rings. The van der Waals surface area contributed by atoms with Gasteiger partial charge in [-0.3, -0.25) is 4.79 Å². The Morgan fingerprint density at radius 1 is 0.596 bits per heavy atom. The van der Waals surface area contributed by atoms with Gasteiger partial charge in [-0.25, -0.2) is 24.0 Å². The number of aliphatic carboxylic acids is 1. The van der Waals surface area contributed by atoms with Gasteiger partial charge in [-0.05, 0) is 130 Å². The van der Waals surface area contributed by atoms with Gasteiger partial charge in [0.25, 0.3) is 0 Å². The number of hydrogen-bond donors (Lipinski definition) is 4. The largest absolute Gasteiger partial charge is 0.480 e. The molecule has 2 aromatic rings. The molecular formula is C42H63N3O12. The molecular weight excluding hydrogens is 738 g/mol. The van der Waals surface area contributed by atoms with Crippen LogP contribution in [0.2, 0.25) is 0 Å². The molecule has 3 amide bonds. The lowest BCUT2D eigenvalue weighted by Gasteiger charge is -2.23. The Hall–Kier alpha value is -5.34. The third kappa shape index (κ3) is 22.7.